The van der Waals surface area contributed by atoms with Crippen molar-refractivity contribution in [3.05, 3.63) is 0 Å². The highest BCUT2D eigenvalue weighted by molar-refractivity contribution is 5.80. The number of hydrogen-bond donors (Lipinski definition) is 2. The van der Waals surface area contributed by atoms with Crippen molar-refractivity contribution in [3.8, 4) is 0 Å². The zero-order valence-corrected chi connectivity index (χ0v) is 9.10. The molecule has 1 saturated heterocycles. The first-order chi connectivity index (χ1) is 7.50. The normalized spacial score (nSPS) is 15.8. The Morgan fingerprint density at radius 1 is 1.12 bits per heavy atom. The second kappa shape index (κ2) is 5.34. The molecule has 1 heterocycles. The molecule has 7 heteroatoms. The minimum atomic E-state index is -1.07. The minimum Gasteiger partial charge on any atom is -0.480 e. The van der Waals surface area contributed by atoms with Crippen molar-refractivity contribution in [2.75, 3.05) is 32.7 Å². The fourth-order valence-electron chi connectivity index (χ4n) is 1.49. The molecule has 3 amide bonds. The number of rotatable bonds is 2. The van der Waals surface area contributed by atoms with Crippen molar-refractivity contribution in [1.82, 2.24) is 15.1 Å². The lowest BCUT2D eigenvalue weighted by Gasteiger charge is -2.34. The minimum absolute atomic E-state index is 0.00871. The Kier molecular flexibility index (Phi) is 4.10. The number of nitrogens with one attached hydrogen (secondary N) is 1. The lowest BCUT2D eigenvalue weighted by atomic mass is 10.3. The highest BCUT2D eigenvalue weighted by Crippen LogP contribution is 2.01. The van der Waals surface area contributed by atoms with E-state index in [2.05, 4.69) is 5.32 Å². The van der Waals surface area contributed by atoms with Gasteiger partial charge in [-0.05, 0) is 0 Å². The summed E-state index contributed by atoms with van der Waals surface area (Å²) >= 11 is 0. The molecule has 1 fully saturated rings. The van der Waals surface area contributed by atoms with Crippen LogP contribution in [0.3, 0.4) is 0 Å². The molecular weight excluding hydrogens is 214 g/mol. The molecule has 90 valence electrons. The van der Waals surface area contributed by atoms with Crippen molar-refractivity contribution < 1.29 is 19.5 Å². The Balaban J connectivity index is 2.33. The van der Waals surface area contributed by atoms with Gasteiger partial charge in [-0.1, -0.05) is 0 Å². The molecule has 2 N–H and O–H groups in total. The van der Waals surface area contributed by atoms with Gasteiger partial charge in [-0.3, -0.25) is 9.59 Å². The van der Waals surface area contributed by atoms with E-state index in [1.165, 1.54) is 11.8 Å². The van der Waals surface area contributed by atoms with E-state index in [-0.39, 0.29) is 12.5 Å². The van der Waals surface area contributed by atoms with Crippen LogP contribution in [0.5, 0.6) is 0 Å². The van der Waals surface area contributed by atoms with Gasteiger partial charge in [-0.15, -0.1) is 0 Å². The molecule has 0 saturated carbocycles. The van der Waals surface area contributed by atoms with Crippen molar-refractivity contribution in [1.29, 1.82) is 0 Å². The molecule has 0 unspecified atom stereocenters. The molecule has 1 rings (SSSR count). The fourth-order valence-corrected chi connectivity index (χ4v) is 1.49. The number of aliphatic carboxylic acids is 1. The maximum Gasteiger partial charge on any atom is 0.323 e. The number of hydrogen-bond acceptors (Lipinski definition) is 3. The van der Waals surface area contributed by atoms with Crippen molar-refractivity contribution in [2.24, 2.45) is 0 Å². The molecule has 0 atom stereocenters. The Hall–Kier alpha value is -1.79. The van der Waals surface area contributed by atoms with Gasteiger partial charge in [0.15, 0.2) is 0 Å². The van der Waals surface area contributed by atoms with Gasteiger partial charge in [-0.25, -0.2) is 4.79 Å². The summed E-state index contributed by atoms with van der Waals surface area (Å²) in [7, 11) is 0. The molecular formula is C9H15N3O4. The van der Waals surface area contributed by atoms with Crippen LogP contribution in [-0.4, -0.2) is 65.5 Å². The first-order valence-electron chi connectivity index (χ1n) is 5.01. The lowest BCUT2D eigenvalue weighted by molar-refractivity contribution is -0.135. The molecule has 0 aliphatic carbocycles. The number of carbonyl (C=O) groups is 3. The maximum atomic E-state index is 11.4. The third-order valence-corrected chi connectivity index (χ3v) is 2.40. The van der Waals surface area contributed by atoms with E-state index in [0.29, 0.717) is 26.2 Å². The summed E-state index contributed by atoms with van der Waals surface area (Å²) in [6.07, 6.45) is 0. The van der Waals surface area contributed by atoms with Crippen LogP contribution in [0.4, 0.5) is 4.79 Å². The third-order valence-electron chi connectivity index (χ3n) is 2.40. The monoisotopic (exact) mass is 229 g/mol. The van der Waals surface area contributed by atoms with Crippen molar-refractivity contribution in [3.63, 3.8) is 0 Å². The number of piperazine rings is 1. The molecule has 0 aromatic heterocycles. The van der Waals surface area contributed by atoms with Gasteiger partial charge in [0.1, 0.15) is 6.54 Å². The van der Waals surface area contributed by atoms with E-state index in [9.17, 15) is 14.4 Å². The van der Waals surface area contributed by atoms with E-state index in [4.69, 9.17) is 5.11 Å². The molecule has 1 aliphatic heterocycles. The Morgan fingerprint density at radius 3 is 2.06 bits per heavy atom. The van der Waals surface area contributed by atoms with Gasteiger partial charge in [0, 0.05) is 33.1 Å². The van der Waals surface area contributed by atoms with Crippen LogP contribution in [0.1, 0.15) is 6.92 Å². The van der Waals surface area contributed by atoms with Crippen LogP contribution in [0.15, 0.2) is 0 Å². The summed E-state index contributed by atoms with van der Waals surface area (Å²) in [5, 5.41) is 10.7. The molecule has 0 aromatic rings. The number of nitrogens with zero attached hydrogens (tertiary/aromatic N) is 2. The smallest absolute Gasteiger partial charge is 0.323 e. The second-order valence-electron chi connectivity index (χ2n) is 3.55. The van der Waals surface area contributed by atoms with E-state index in [1.807, 2.05) is 0 Å². The summed E-state index contributed by atoms with van der Waals surface area (Å²) in [5.74, 6) is -1.08. The highest BCUT2D eigenvalue weighted by Gasteiger charge is 2.22. The van der Waals surface area contributed by atoms with Gasteiger partial charge in [-0.2, -0.15) is 0 Å². The standard InChI is InChI=1S/C9H15N3O4/c1-7(13)11-2-4-12(5-3-11)9(16)10-6-8(14)15/h2-6H2,1H3,(H,10,16)(H,14,15). The number of carboxylic acid groups (broad SMARTS) is 1. The Bertz CT molecular complexity index is 297. The van der Waals surface area contributed by atoms with Crippen LogP contribution in [0.25, 0.3) is 0 Å². The van der Waals surface area contributed by atoms with Gasteiger partial charge >= 0.3 is 12.0 Å². The number of amides is 3. The number of carboxylic acids is 1. The van der Waals surface area contributed by atoms with Crippen molar-refractivity contribution >= 4 is 17.9 Å². The van der Waals surface area contributed by atoms with Crippen LogP contribution in [0, 0.1) is 0 Å². The lowest BCUT2D eigenvalue weighted by Crippen LogP contribution is -2.53. The van der Waals surface area contributed by atoms with Crippen LogP contribution in [0.2, 0.25) is 0 Å². The Labute approximate surface area is 93.0 Å². The molecule has 16 heavy (non-hydrogen) atoms. The van der Waals surface area contributed by atoms with Crippen LogP contribution >= 0.6 is 0 Å². The molecule has 0 aromatic carbocycles. The average Bonchev–Trinajstić information content (AvgIpc) is 2.26. The van der Waals surface area contributed by atoms with Gasteiger partial charge in [0.25, 0.3) is 0 Å². The molecule has 0 radical (unpaired) electrons. The van der Waals surface area contributed by atoms with Gasteiger partial charge in [0.2, 0.25) is 5.91 Å². The first-order valence-corrected chi connectivity index (χ1v) is 5.01. The zero-order chi connectivity index (χ0) is 12.1. The van der Waals surface area contributed by atoms with Crippen molar-refractivity contribution in [2.45, 2.75) is 6.92 Å². The molecule has 7 nitrogen and oxygen atoms in total. The quantitative estimate of drug-likeness (QED) is 0.632. The van der Waals surface area contributed by atoms with Gasteiger partial charge in [0.05, 0.1) is 0 Å². The summed E-state index contributed by atoms with van der Waals surface area (Å²) in [5.41, 5.74) is 0. The topological polar surface area (TPSA) is 90.0 Å². The third kappa shape index (κ3) is 3.41. The van der Waals surface area contributed by atoms with E-state index in [1.54, 1.807) is 4.90 Å². The second-order valence-corrected chi connectivity index (χ2v) is 3.55. The number of carbonyl (C=O) groups excluding carboxylic acids is 2. The predicted octanol–water partition coefficient (Wildman–Crippen LogP) is -1.06. The summed E-state index contributed by atoms with van der Waals surface area (Å²) < 4.78 is 0. The molecule has 0 bridgehead atoms. The van der Waals surface area contributed by atoms with E-state index in [0.717, 1.165) is 0 Å². The summed E-state index contributed by atoms with van der Waals surface area (Å²) in [6, 6.07) is -0.398. The molecule has 0 spiro atoms. The largest absolute Gasteiger partial charge is 0.480 e. The first kappa shape index (κ1) is 12.3. The highest BCUT2D eigenvalue weighted by atomic mass is 16.4. The van der Waals surface area contributed by atoms with E-state index >= 15 is 0 Å². The fraction of sp³-hybridized carbons (Fsp3) is 0.667. The zero-order valence-electron chi connectivity index (χ0n) is 9.10. The van der Waals surface area contributed by atoms with Gasteiger partial charge < -0.3 is 20.2 Å². The summed E-state index contributed by atoms with van der Waals surface area (Å²) in [6.45, 7) is 2.97. The SMILES string of the molecule is CC(=O)N1CCN(C(=O)NCC(=O)O)CC1. The van der Waals surface area contributed by atoms with E-state index < -0.39 is 12.0 Å². The number of urea groups is 1. The van der Waals surface area contributed by atoms with Crippen LogP contribution < -0.4 is 5.32 Å². The molecule has 1 aliphatic rings. The maximum absolute atomic E-state index is 11.4. The Morgan fingerprint density at radius 2 is 1.62 bits per heavy atom. The average molecular weight is 229 g/mol. The van der Waals surface area contributed by atoms with Crippen LogP contribution in [-0.2, 0) is 9.59 Å². The predicted molar refractivity (Wildman–Crippen MR) is 54.9 cm³/mol. The summed E-state index contributed by atoms with van der Waals surface area (Å²) in [4.78, 5) is 35.8.